The van der Waals surface area contributed by atoms with Crippen molar-refractivity contribution in [3.8, 4) is 0 Å². The molecule has 8 nitrogen and oxygen atoms in total. The van der Waals surface area contributed by atoms with Crippen molar-refractivity contribution in [2.75, 3.05) is 29.0 Å². The summed E-state index contributed by atoms with van der Waals surface area (Å²) in [7, 11) is -3.25. The van der Waals surface area contributed by atoms with Crippen LogP contribution in [0, 0.1) is 5.92 Å². The molecular weight excluding hydrogens is 316 g/mol. The maximum absolute atomic E-state index is 11.3. The summed E-state index contributed by atoms with van der Waals surface area (Å²) in [5, 5.41) is 14.0. The number of aromatic amines is 1. The molecular formula is C14H20N6O2S. The van der Waals surface area contributed by atoms with E-state index in [1.807, 2.05) is 12.1 Å². The van der Waals surface area contributed by atoms with E-state index < -0.39 is 10.0 Å². The smallest absolute Gasteiger partial charge is 0.229 e. The number of hydrogen-bond acceptors (Lipinski definition) is 6. The number of benzene rings is 1. The number of hydrogen-bond donors (Lipinski definition) is 2. The van der Waals surface area contributed by atoms with Gasteiger partial charge >= 0.3 is 0 Å². The number of aromatic nitrogens is 4. The lowest BCUT2D eigenvalue weighted by atomic mass is 10.2. The molecule has 0 radical (unpaired) electrons. The summed E-state index contributed by atoms with van der Waals surface area (Å²) >= 11 is 0. The third-order valence-corrected chi connectivity index (χ3v) is 4.31. The van der Waals surface area contributed by atoms with Crippen LogP contribution in [0.15, 0.2) is 24.3 Å². The molecule has 1 aromatic heterocycles. The minimum Gasteiger partial charge on any atom is -0.371 e. The molecule has 1 aliphatic carbocycles. The lowest BCUT2D eigenvalue weighted by Gasteiger charge is -2.24. The molecule has 0 amide bonds. The summed E-state index contributed by atoms with van der Waals surface area (Å²) in [4.78, 5) is 2.29. The monoisotopic (exact) mass is 336 g/mol. The van der Waals surface area contributed by atoms with Crippen LogP contribution in [-0.4, -0.2) is 48.4 Å². The van der Waals surface area contributed by atoms with Crippen molar-refractivity contribution in [1.82, 2.24) is 20.6 Å². The van der Waals surface area contributed by atoms with E-state index in [9.17, 15) is 8.42 Å². The Balaban J connectivity index is 1.68. The van der Waals surface area contributed by atoms with Crippen molar-refractivity contribution in [2.24, 2.45) is 5.92 Å². The first-order chi connectivity index (χ1) is 11.0. The van der Waals surface area contributed by atoms with Gasteiger partial charge in [-0.05, 0) is 43.0 Å². The molecule has 3 rings (SSSR count). The molecule has 1 aliphatic rings. The highest BCUT2D eigenvalue weighted by Gasteiger charge is 2.24. The highest BCUT2D eigenvalue weighted by molar-refractivity contribution is 7.92. The second-order valence-electron chi connectivity index (χ2n) is 5.89. The molecule has 0 spiro atoms. The molecule has 1 aromatic carbocycles. The Bertz CT molecular complexity index is 725. The highest BCUT2D eigenvalue weighted by atomic mass is 32.2. The molecule has 2 aromatic rings. The molecule has 0 atom stereocenters. The predicted octanol–water partition coefficient (Wildman–Crippen LogP) is 1.03. The fraction of sp³-hybridized carbons (Fsp3) is 0.500. The first-order valence-corrected chi connectivity index (χ1v) is 9.44. The molecule has 23 heavy (non-hydrogen) atoms. The van der Waals surface area contributed by atoms with E-state index >= 15 is 0 Å². The van der Waals surface area contributed by atoms with Gasteiger partial charge in [0.1, 0.15) is 0 Å². The first-order valence-electron chi connectivity index (χ1n) is 7.55. The summed E-state index contributed by atoms with van der Waals surface area (Å²) in [5.74, 6) is 1.44. The summed E-state index contributed by atoms with van der Waals surface area (Å²) in [6, 6.07) is 7.44. The normalized spacial score (nSPS) is 14.7. The highest BCUT2D eigenvalue weighted by Crippen LogP contribution is 2.31. The standard InChI is InChI=1S/C14H20N6O2S/c1-23(21,22)17-12-4-6-13(7-5-12)20(10-11-2-3-11)9-8-14-15-18-19-16-14/h4-7,11,17H,2-3,8-10H2,1H3,(H,15,16,18,19). The van der Waals surface area contributed by atoms with Crippen LogP contribution in [0.4, 0.5) is 11.4 Å². The maximum atomic E-state index is 11.3. The molecule has 9 heteroatoms. The largest absolute Gasteiger partial charge is 0.371 e. The summed E-state index contributed by atoms with van der Waals surface area (Å²) in [6.45, 7) is 1.80. The van der Waals surface area contributed by atoms with Gasteiger partial charge in [-0.3, -0.25) is 4.72 Å². The number of H-pyrrole nitrogens is 1. The van der Waals surface area contributed by atoms with Crippen LogP contribution >= 0.6 is 0 Å². The molecule has 0 bridgehead atoms. The maximum Gasteiger partial charge on any atom is 0.229 e. The SMILES string of the molecule is CS(=O)(=O)Nc1ccc(N(CCc2nn[nH]n2)CC2CC2)cc1. The van der Waals surface area contributed by atoms with Gasteiger partial charge in [0.2, 0.25) is 10.0 Å². The van der Waals surface area contributed by atoms with E-state index in [0.717, 1.165) is 31.0 Å². The van der Waals surface area contributed by atoms with Gasteiger partial charge in [0.05, 0.1) is 6.26 Å². The average molecular weight is 336 g/mol. The Labute approximate surface area is 135 Å². The fourth-order valence-electron chi connectivity index (χ4n) is 2.42. The van der Waals surface area contributed by atoms with E-state index in [0.29, 0.717) is 17.9 Å². The van der Waals surface area contributed by atoms with Gasteiger partial charge in [0, 0.05) is 30.9 Å². The Hall–Kier alpha value is -2.16. The number of tetrazole rings is 1. The Morgan fingerprint density at radius 2 is 2.04 bits per heavy atom. The third kappa shape index (κ3) is 4.92. The number of rotatable bonds is 8. The van der Waals surface area contributed by atoms with Crippen LogP contribution in [0.25, 0.3) is 0 Å². The van der Waals surface area contributed by atoms with Crippen LogP contribution < -0.4 is 9.62 Å². The Morgan fingerprint density at radius 3 is 2.61 bits per heavy atom. The number of sulfonamides is 1. The number of nitrogens with one attached hydrogen (secondary N) is 2. The molecule has 2 N–H and O–H groups in total. The topological polar surface area (TPSA) is 104 Å². The second kappa shape index (κ2) is 6.53. The molecule has 0 unspecified atom stereocenters. The molecule has 1 fully saturated rings. The second-order valence-corrected chi connectivity index (χ2v) is 7.64. The molecule has 124 valence electrons. The van der Waals surface area contributed by atoms with Gasteiger partial charge in [-0.1, -0.05) is 5.21 Å². The lowest BCUT2D eigenvalue weighted by Crippen LogP contribution is -2.28. The van der Waals surface area contributed by atoms with Crippen LogP contribution in [0.2, 0.25) is 0 Å². The van der Waals surface area contributed by atoms with Crippen LogP contribution in [0.3, 0.4) is 0 Å². The zero-order valence-corrected chi connectivity index (χ0v) is 13.8. The zero-order chi connectivity index (χ0) is 16.3. The summed E-state index contributed by atoms with van der Waals surface area (Å²) < 4.78 is 25.0. The van der Waals surface area contributed by atoms with Gasteiger partial charge in [-0.15, -0.1) is 10.2 Å². The van der Waals surface area contributed by atoms with Gasteiger partial charge in [-0.25, -0.2) is 8.42 Å². The van der Waals surface area contributed by atoms with E-state index in [-0.39, 0.29) is 0 Å². The lowest BCUT2D eigenvalue weighted by molar-refractivity contribution is 0.607. The first kappa shape index (κ1) is 15.7. The van der Waals surface area contributed by atoms with E-state index in [4.69, 9.17) is 0 Å². The Kier molecular flexibility index (Phi) is 4.46. The van der Waals surface area contributed by atoms with E-state index in [1.165, 1.54) is 12.8 Å². The van der Waals surface area contributed by atoms with Gasteiger partial charge in [0.15, 0.2) is 5.82 Å². The average Bonchev–Trinajstić information content (AvgIpc) is 3.15. The third-order valence-electron chi connectivity index (χ3n) is 3.71. The van der Waals surface area contributed by atoms with Gasteiger partial charge < -0.3 is 4.90 Å². The van der Waals surface area contributed by atoms with Crippen molar-refractivity contribution in [3.63, 3.8) is 0 Å². The number of anilines is 2. The van der Waals surface area contributed by atoms with Crippen molar-refractivity contribution >= 4 is 21.4 Å². The van der Waals surface area contributed by atoms with Crippen LogP contribution in [-0.2, 0) is 16.4 Å². The fourth-order valence-corrected chi connectivity index (χ4v) is 2.98. The predicted molar refractivity (Wildman–Crippen MR) is 87.7 cm³/mol. The van der Waals surface area contributed by atoms with E-state index in [2.05, 4.69) is 30.2 Å². The van der Waals surface area contributed by atoms with Crippen LogP contribution in [0.5, 0.6) is 0 Å². The summed E-state index contributed by atoms with van der Waals surface area (Å²) in [6.07, 6.45) is 4.40. The summed E-state index contributed by atoms with van der Waals surface area (Å²) in [5.41, 5.74) is 1.64. The minimum atomic E-state index is -3.25. The van der Waals surface area contributed by atoms with E-state index in [1.54, 1.807) is 12.1 Å². The van der Waals surface area contributed by atoms with Crippen molar-refractivity contribution < 1.29 is 8.42 Å². The molecule has 1 saturated carbocycles. The molecule has 1 heterocycles. The Morgan fingerprint density at radius 1 is 1.30 bits per heavy atom. The van der Waals surface area contributed by atoms with Crippen molar-refractivity contribution in [1.29, 1.82) is 0 Å². The van der Waals surface area contributed by atoms with Gasteiger partial charge in [0.25, 0.3) is 0 Å². The zero-order valence-electron chi connectivity index (χ0n) is 12.9. The van der Waals surface area contributed by atoms with Crippen molar-refractivity contribution in [3.05, 3.63) is 30.1 Å². The minimum absolute atomic E-state index is 0.570. The molecule has 0 aliphatic heterocycles. The van der Waals surface area contributed by atoms with Gasteiger partial charge in [-0.2, -0.15) is 5.21 Å². The van der Waals surface area contributed by atoms with Crippen LogP contribution in [0.1, 0.15) is 18.7 Å². The number of nitrogens with zero attached hydrogens (tertiary/aromatic N) is 4. The quantitative estimate of drug-likeness (QED) is 0.746. The molecule has 0 saturated heterocycles. The van der Waals surface area contributed by atoms with Crippen molar-refractivity contribution in [2.45, 2.75) is 19.3 Å².